The summed E-state index contributed by atoms with van der Waals surface area (Å²) in [5, 5.41) is 4.24. The van der Waals surface area contributed by atoms with E-state index in [0.717, 1.165) is 4.90 Å². The number of hydrogen-bond acceptors (Lipinski definition) is 3. The second-order valence-electron chi connectivity index (χ2n) is 7.25. The molecule has 1 aromatic carbocycles. The molecule has 0 spiro atoms. The van der Waals surface area contributed by atoms with Crippen molar-refractivity contribution < 1.29 is 18.0 Å². The lowest BCUT2D eigenvalue weighted by atomic mass is 10.0. The highest BCUT2D eigenvalue weighted by Crippen LogP contribution is 2.31. The lowest BCUT2D eigenvalue weighted by Gasteiger charge is -2.27. The lowest BCUT2D eigenvalue weighted by Crippen LogP contribution is -2.42. The number of likely N-dealkylation sites (tertiary alicyclic amines) is 1. The third-order valence-corrected chi connectivity index (χ3v) is 5.50. The molecule has 150 valence electrons. The average molecular weight is 415 g/mol. The van der Waals surface area contributed by atoms with Crippen LogP contribution in [0.3, 0.4) is 0 Å². The van der Waals surface area contributed by atoms with Crippen molar-refractivity contribution in [3.8, 4) is 0 Å². The van der Waals surface area contributed by atoms with E-state index in [1.807, 2.05) is 0 Å². The SMILES string of the molecule is O=C([C@@H]1CCCc2nn(Cc3ccc(F)c(Cl)c3)c(=O)n21)N1CCC(F)(F)C1. The Morgan fingerprint density at radius 2 is 2.14 bits per heavy atom. The van der Waals surface area contributed by atoms with E-state index in [2.05, 4.69) is 5.10 Å². The summed E-state index contributed by atoms with van der Waals surface area (Å²) in [4.78, 5) is 26.8. The van der Waals surface area contributed by atoms with Gasteiger partial charge in [0.2, 0.25) is 5.91 Å². The molecule has 0 saturated carbocycles. The third-order valence-electron chi connectivity index (χ3n) is 5.21. The third kappa shape index (κ3) is 3.43. The van der Waals surface area contributed by atoms with E-state index in [1.54, 1.807) is 0 Å². The second kappa shape index (κ2) is 6.95. The van der Waals surface area contributed by atoms with Crippen LogP contribution in [0.25, 0.3) is 0 Å². The summed E-state index contributed by atoms with van der Waals surface area (Å²) in [6.45, 7) is -0.565. The Morgan fingerprint density at radius 1 is 1.36 bits per heavy atom. The zero-order valence-corrected chi connectivity index (χ0v) is 15.6. The van der Waals surface area contributed by atoms with Gasteiger partial charge in [-0.05, 0) is 30.5 Å². The normalized spacial score (nSPS) is 21.0. The van der Waals surface area contributed by atoms with Crippen LogP contribution in [0.2, 0.25) is 5.02 Å². The molecule has 1 aromatic heterocycles. The highest BCUT2D eigenvalue weighted by atomic mass is 35.5. The Bertz CT molecular complexity index is 988. The summed E-state index contributed by atoms with van der Waals surface area (Å²) in [7, 11) is 0. The zero-order chi connectivity index (χ0) is 20.1. The van der Waals surface area contributed by atoms with E-state index in [1.165, 1.54) is 27.4 Å². The minimum atomic E-state index is -2.88. The number of halogens is 4. The van der Waals surface area contributed by atoms with Crippen molar-refractivity contribution in [1.29, 1.82) is 0 Å². The van der Waals surface area contributed by atoms with E-state index in [4.69, 9.17) is 11.6 Å². The van der Waals surface area contributed by atoms with Gasteiger partial charge in [-0.2, -0.15) is 5.10 Å². The molecule has 10 heteroatoms. The number of hydrogen-bond donors (Lipinski definition) is 0. The molecule has 1 amide bonds. The molecule has 0 bridgehead atoms. The predicted octanol–water partition coefficient (Wildman–Crippen LogP) is 2.63. The maximum absolute atomic E-state index is 13.5. The Kier molecular flexibility index (Phi) is 4.73. The zero-order valence-electron chi connectivity index (χ0n) is 14.9. The second-order valence-corrected chi connectivity index (χ2v) is 7.66. The molecule has 1 fully saturated rings. The molecule has 2 aliphatic rings. The fourth-order valence-corrected chi connectivity index (χ4v) is 4.02. The summed E-state index contributed by atoms with van der Waals surface area (Å²) in [5.41, 5.74) is 0.102. The maximum Gasteiger partial charge on any atom is 0.346 e. The van der Waals surface area contributed by atoms with Crippen LogP contribution < -0.4 is 5.69 Å². The van der Waals surface area contributed by atoms with Gasteiger partial charge < -0.3 is 4.90 Å². The first-order chi connectivity index (χ1) is 13.2. The smallest absolute Gasteiger partial charge is 0.335 e. The van der Waals surface area contributed by atoms with E-state index in [0.29, 0.717) is 30.7 Å². The minimum absolute atomic E-state index is 0.0192. The lowest BCUT2D eigenvalue weighted by molar-refractivity contribution is -0.135. The molecule has 0 unspecified atom stereocenters. The van der Waals surface area contributed by atoms with Crippen molar-refractivity contribution in [3.05, 3.63) is 50.9 Å². The number of carbonyl (C=O) groups is 1. The molecule has 0 aliphatic carbocycles. The van der Waals surface area contributed by atoms with Crippen LogP contribution in [0.1, 0.15) is 36.7 Å². The maximum atomic E-state index is 13.5. The molecule has 6 nitrogen and oxygen atoms in total. The molecule has 28 heavy (non-hydrogen) atoms. The van der Waals surface area contributed by atoms with Gasteiger partial charge in [0.25, 0.3) is 5.92 Å². The van der Waals surface area contributed by atoms with Gasteiger partial charge in [0.1, 0.15) is 17.7 Å². The van der Waals surface area contributed by atoms with Gasteiger partial charge in [0.05, 0.1) is 18.1 Å². The predicted molar refractivity (Wildman–Crippen MR) is 95.1 cm³/mol. The van der Waals surface area contributed by atoms with Crippen LogP contribution in [-0.2, 0) is 17.8 Å². The number of aryl methyl sites for hydroxylation is 1. The number of nitrogens with zero attached hydrogens (tertiary/aromatic N) is 4. The van der Waals surface area contributed by atoms with Crippen molar-refractivity contribution >= 4 is 17.5 Å². The number of alkyl halides is 2. The summed E-state index contributed by atoms with van der Waals surface area (Å²) in [6.07, 6.45) is 1.20. The van der Waals surface area contributed by atoms with Crippen LogP contribution >= 0.6 is 11.6 Å². The molecule has 2 aliphatic heterocycles. The van der Waals surface area contributed by atoms with Crippen LogP contribution in [-0.4, -0.2) is 44.2 Å². The number of amides is 1. The Labute approximate surface area is 163 Å². The van der Waals surface area contributed by atoms with Crippen LogP contribution in [0.15, 0.2) is 23.0 Å². The summed E-state index contributed by atoms with van der Waals surface area (Å²) < 4.78 is 42.8. The number of carbonyl (C=O) groups excluding carboxylic acids is 1. The quantitative estimate of drug-likeness (QED) is 0.775. The topological polar surface area (TPSA) is 60.1 Å². The molecule has 1 saturated heterocycles. The monoisotopic (exact) mass is 414 g/mol. The first-order valence-corrected chi connectivity index (χ1v) is 9.42. The van der Waals surface area contributed by atoms with Crippen LogP contribution in [0, 0.1) is 5.82 Å². The highest BCUT2D eigenvalue weighted by Gasteiger charge is 2.43. The van der Waals surface area contributed by atoms with E-state index in [9.17, 15) is 22.8 Å². The van der Waals surface area contributed by atoms with Gasteiger partial charge in [-0.1, -0.05) is 17.7 Å². The standard InChI is InChI=1S/C18H18ClF3N4O2/c19-12-8-11(4-5-13(12)20)9-25-17(28)26-14(2-1-3-15(26)23-25)16(27)24-7-6-18(21,22)10-24/h4-5,8,14H,1-3,6-7,9-10H2/t14-/m0/s1. The highest BCUT2D eigenvalue weighted by molar-refractivity contribution is 6.30. The molecule has 3 heterocycles. The number of benzene rings is 1. The average Bonchev–Trinajstić information content (AvgIpc) is 3.17. The fraction of sp³-hybridized carbons (Fsp3) is 0.500. The van der Waals surface area contributed by atoms with Crippen LogP contribution in [0.5, 0.6) is 0 Å². The van der Waals surface area contributed by atoms with Gasteiger partial charge in [0.15, 0.2) is 0 Å². The summed E-state index contributed by atoms with van der Waals surface area (Å²) >= 11 is 5.78. The first kappa shape index (κ1) is 19.0. The molecule has 0 radical (unpaired) electrons. The molecule has 2 aromatic rings. The largest absolute Gasteiger partial charge is 0.346 e. The van der Waals surface area contributed by atoms with Crippen LogP contribution in [0.4, 0.5) is 13.2 Å². The van der Waals surface area contributed by atoms with Gasteiger partial charge >= 0.3 is 5.69 Å². The molecule has 4 rings (SSSR count). The number of rotatable bonds is 3. The molecular formula is C18H18ClF3N4O2. The molecule has 0 N–H and O–H groups in total. The summed E-state index contributed by atoms with van der Waals surface area (Å²) in [5.74, 6) is -3.46. The van der Waals surface area contributed by atoms with E-state index >= 15 is 0 Å². The van der Waals surface area contributed by atoms with Gasteiger partial charge in [-0.15, -0.1) is 0 Å². The fourth-order valence-electron chi connectivity index (χ4n) is 3.81. The van der Waals surface area contributed by atoms with E-state index in [-0.39, 0.29) is 24.5 Å². The van der Waals surface area contributed by atoms with Gasteiger partial charge in [-0.3, -0.25) is 9.36 Å². The van der Waals surface area contributed by atoms with Crippen molar-refractivity contribution in [2.24, 2.45) is 0 Å². The molecule has 1 atom stereocenters. The van der Waals surface area contributed by atoms with Crippen molar-refractivity contribution in [2.45, 2.75) is 44.2 Å². The molecular weight excluding hydrogens is 397 g/mol. The van der Waals surface area contributed by atoms with Crippen molar-refractivity contribution in [2.75, 3.05) is 13.1 Å². The van der Waals surface area contributed by atoms with E-state index < -0.39 is 35.9 Å². The van der Waals surface area contributed by atoms with Gasteiger partial charge in [0, 0.05) is 19.4 Å². The van der Waals surface area contributed by atoms with Crippen molar-refractivity contribution in [1.82, 2.24) is 19.2 Å². The Balaban J connectivity index is 1.62. The van der Waals surface area contributed by atoms with Crippen molar-refractivity contribution in [3.63, 3.8) is 0 Å². The number of aromatic nitrogens is 3. The summed E-state index contributed by atoms with van der Waals surface area (Å²) in [6, 6.07) is 3.30. The Morgan fingerprint density at radius 3 is 2.82 bits per heavy atom. The minimum Gasteiger partial charge on any atom is -0.335 e. The first-order valence-electron chi connectivity index (χ1n) is 9.04. The van der Waals surface area contributed by atoms with Gasteiger partial charge in [-0.25, -0.2) is 22.6 Å². The Hall–Kier alpha value is -2.29. The number of fused-ring (bicyclic) bond motifs is 1.